The number of anilines is 1. The third kappa shape index (κ3) is 7.66. The fourth-order valence-electron chi connectivity index (χ4n) is 2.46. The molecule has 8 nitrogen and oxygen atoms in total. The number of carboxylic acid groups (broad SMARTS) is 1. The first-order valence-corrected chi connectivity index (χ1v) is 9.12. The number of non-ortho nitro benzene ring substituents is 1. The summed E-state index contributed by atoms with van der Waals surface area (Å²) in [5, 5.41) is 20.7. The summed E-state index contributed by atoms with van der Waals surface area (Å²) in [5.41, 5.74) is 7.44. The van der Waals surface area contributed by atoms with Crippen LogP contribution in [0.15, 0.2) is 60.9 Å². The van der Waals surface area contributed by atoms with Crippen molar-refractivity contribution in [1.82, 2.24) is 9.97 Å². The van der Waals surface area contributed by atoms with Crippen LogP contribution >= 0.6 is 23.2 Å². The molecule has 2 heterocycles. The fourth-order valence-corrected chi connectivity index (χ4v) is 2.92. The average Bonchev–Trinajstić information content (AvgIpc) is 2.67. The Morgan fingerprint density at radius 2 is 1.45 bits per heavy atom. The molecule has 0 amide bonds. The van der Waals surface area contributed by atoms with Gasteiger partial charge in [0.2, 0.25) is 0 Å². The Morgan fingerprint density at radius 3 is 1.97 bits per heavy atom. The number of nitrogens with two attached hydrogens (primary N) is 1. The summed E-state index contributed by atoms with van der Waals surface area (Å²) in [5.74, 6) is -0.833. The van der Waals surface area contributed by atoms with Crippen LogP contribution in [0, 0.1) is 10.1 Å². The van der Waals surface area contributed by atoms with E-state index in [4.69, 9.17) is 38.8 Å². The Bertz CT molecular complexity index is 1220. The van der Waals surface area contributed by atoms with Crippen molar-refractivity contribution >= 4 is 62.4 Å². The zero-order valence-corrected chi connectivity index (χ0v) is 18.6. The van der Waals surface area contributed by atoms with Gasteiger partial charge in [-0.1, -0.05) is 35.3 Å². The molecule has 4 aromatic rings. The van der Waals surface area contributed by atoms with Gasteiger partial charge in [-0.25, -0.2) is 4.98 Å². The number of aliphatic carboxylic acids is 1. The number of aromatic nitrogens is 2. The first-order chi connectivity index (χ1) is 14.2. The third-order valence-electron chi connectivity index (χ3n) is 3.55. The van der Waals surface area contributed by atoms with Crippen LogP contribution in [-0.2, 0) is 21.9 Å². The minimum atomic E-state index is -0.833. The van der Waals surface area contributed by atoms with Crippen LogP contribution in [-0.4, -0.2) is 26.0 Å². The molecule has 0 radical (unpaired) electrons. The third-order valence-corrected chi connectivity index (χ3v) is 3.98. The fraction of sp³-hybridized carbons (Fsp3) is 0.0500. The van der Waals surface area contributed by atoms with Crippen LogP contribution in [0.3, 0.4) is 0 Å². The van der Waals surface area contributed by atoms with Crippen LogP contribution in [0.2, 0.25) is 10.0 Å². The van der Waals surface area contributed by atoms with E-state index in [1.165, 1.54) is 12.3 Å². The van der Waals surface area contributed by atoms with Crippen LogP contribution < -0.4 is 5.73 Å². The van der Waals surface area contributed by atoms with Gasteiger partial charge in [0.15, 0.2) is 0 Å². The molecule has 0 aliphatic carbocycles. The molecule has 0 spiro atoms. The molecule has 0 saturated carbocycles. The number of nitrogens with zero attached hydrogens (tertiary/aromatic N) is 3. The first-order valence-electron chi connectivity index (χ1n) is 8.37. The Morgan fingerprint density at radius 1 is 1.00 bits per heavy atom. The van der Waals surface area contributed by atoms with E-state index < -0.39 is 10.9 Å². The van der Waals surface area contributed by atoms with Crippen molar-refractivity contribution in [3.63, 3.8) is 0 Å². The number of nitro groups is 1. The number of hydrogen-bond acceptors (Lipinski definition) is 6. The minimum Gasteiger partial charge on any atom is -0.481 e. The molecular weight excluding hydrogens is 487 g/mol. The summed E-state index contributed by atoms with van der Waals surface area (Å²) < 4.78 is 0. The van der Waals surface area contributed by atoms with E-state index in [0.717, 1.165) is 17.8 Å². The van der Waals surface area contributed by atoms with Gasteiger partial charge in [0.05, 0.1) is 16.1 Å². The number of rotatable bonds is 1. The summed E-state index contributed by atoms with van der Waals surface area (Å²) in [6.07, 6.45) is 3.23. The maximum Gasteiger partial charge on any atom is 0.300 e. The molecule has 4 rings (SSSR count). The van der Waals surface area contributed by atoms with Gasteiger partial charge in [-0.05, 0) is 30.3 Å². The quantitative estimate of drug-likeness (QED) is 0.155. The molecule has 0 unspecified atom stereocenters. The van der Waals surface area contributed by atoms with Gasteiger partial charge < -0.3 is 10.8 Å². The number of hydrogen-bond donors (Lipinski definition) is 2. The second kappa shape index (κ2) is 12.0. The van der Waals surface area contributed by atoms with Crippen molar-refractivity contribution in [2.45, 2.75) is 6.92 Å². The molecule has 0 bridgehead atoms. The SMILES string of the molecule is CC(=O)O.Nc1cc(Cl)cc2cccnc12.O=[N+]([O-])c1cc(Cl)cc2cccnc12.[Fe]. The number of pyridine rings is 2. The Labute approximate surface area is 197 Å². The maximum atomic E-state index is 10.7. The van der Waals surface area contributed by atoms with Crippen molar-refractivity contribution in [3.05, 3.63) is 81.1 Å². The molecule has 162 valence electrons. The predicted molar refractivity (Wildman–Crippen MR) is 118 cm³/mol. The molecule has 2 aromatic carbocycles. The number of carboxylic acids is 1. The summed E-state index contributed by atoms with van der Waals surface area (Å²) in [7, 11) is 0. The van der Waals surface area contributed by atoms with Crippen molar-refractivity contribution < 1.29 is 31.9 Å². The largest absolute Gasteiger partial charge is 0.481 e. The number of fused-ring (bicyclic) bond motifs is 2. The van der Waals surface area contributed by atoms with Crippen molar-refractivity contribution in [3.8, 4) is 0 Å². The van der Waals surface area contributed by atoms with Gasteiger partial charge in [-0.3, -0.25) is 19.9 Å². The van der Waals surface area contributed by atoms with Gasteiger partial charge in [-0.2, -0.15) is 0 Å². The predicted octanol–water partition coefficient (Wildman–Crippen LogP) is 5.36. The first kappa shape index (κ1) is 26.1. The number of carbonyl (C=O) groups is 1. The maximum absolute atomic E-state index is 10.7. The van der Waals surface area contributed by atoms with Crippen LogP contribution in [0.4, 0.5) is 11.4 Å². The van der Waals surface area contributed by atoms with E-state index >= 15 is 0 Å². The molecule has 0 fully saturated rings. The molecule has 0 saturated heterocycles. The second-order valence-corrected chi connectivity index (χ2v) is 6.72. The Kier molecular flexibility index (Phi) is 10.1. The molecule has 3 N–H and O–H groups in total. The number of nitro benzene ring substituents is 1. The minimum absolute atomic E-state index is 0. The van der Waals surface area contributed by atoms with Crippen LogP contribution in [0.1, 0.15) is 6.92 Å². The molecule has 0 atom stereocenters. The number of nitrogen functional groups attached to an aromatic ring is 1. The monoisotopic (exact) mass is 502 g/mol. The molecule has 31 heavy (non-hydrogen) atoms. The van der Waals surface area contributed by atoms with Gasteiger partial charge in [0.1, 0.15) is 5.52 Å². The summed E-state index contributed by atoms with van der Waals surface area (Å²) in [6.45, 7) is 1.08. The van der Waals surface area contributed by atoms with E-state index in [1.807, 2.05) is 18.2 Å². The summed E-state index contributed by atoms with van der Waals surface area (Å²) in [4.78, 5) is 27.3. The van der Waals surface area contributed by atoms with Crippen LogP contribution in [0.25, 0.3) is 21.8 Å². The number of halogens is 2. The summed E-state index contributed by atoms with van der Waals surface area (Å²) in [6, 6.07) is 13.7. The molecule has 0 aliphatic rings. The average molecular weight is 503 g/mol. The van der Waals surface area contributed by atoms with Gasteiger partial charge in [-0.15, -0.1) is 0 Å². The molecular formula is C20H16Cl2FeN4O4. The smallest absolute Gasteiger partial charge is 0.300 e. The normalized spacial score (nSPS) is 9.52. The van der Waals surface area contributed by atoms with E-state index in [9.17, 15) is 10.1 Å². The topological polar surface area (TPSA) is 132 Å². The summed E-state index contributed by atoms with van der Waals surface area (Å²) >= 11 is 11.6. The number of benzene rings is 2. The van der Waals surface area contributed by atoms with Gasteiger partial charge >= 0.3 is 0 Å². The standard InChI is InChI=1S/C9H5ClN2O2.C9H7ClN2.C2H4O2.Fe/c10-7-4-6-2-1-3-11-9(6)8(5-7)12(13)14;10-7-4-6-2-1-3-12-9(6)8(11)5-7;1-2(3)4;/h1-5H;1-5H,11H2;1H3,(H,3,4);. The van der Waals surface area contributed by atoms with Crippen molar-refractivity contribution in [2.75, 3.05) is 5.73 Å². The second-order valence-electron chi connectivity index (χ2n) is 5.85. The van der Waals surface area contributed by atoms with Crippen molar-refractivity contribution in [1.29, 1.82) is 0 Å². The molecule has 11 heteroatoms. The Hall–Kier alpha value is -2.97. The van der Waals surface area contributed by atoms with Crippen molar-refractivity contribution in [2.24, 2.45) is 0 Å². The molecule has 2 aromatic heterocycles. The zero-order valence-electron chi connectivity index (χ0n) is 16.0. The molecule has 0 aliphatic heterocycles. The van der Waals surface area contributed by atoms with E-state index in [2.05, 4.69) is 9.97 Å². The zero-order chi connectivity index (χ0) is 22.3. The van der Waals surface area contributed by atoms with E-state index in [1.54, 1.807) is 30.5 Å². The Balaban J connectivity index is 0.000000260. The van der Waals surface area contributed by atoms with Crippen LogP contribution in [0.5, 0.6) is 0 Å². The van der Waals surface area contributed by atoms with E-state index in [-0.39, 0.29) is 22.8 Å². The van der Waals surface area contributed by atoms with E-state index in [0.29, 0.717) is 26.6 Å². The van der Waals surface area contributed by atoms with Gasteiger partial charge in [0.25, 0.3) is 11.7 Å². The van der Waals surface area contributed by atoms with Gasteiger partial charge in [0, 0.05) is 63.3 Å².